The summed E-state index contributed by atoms with van der Waals surface area (Å²) in [5, 5.41) is 2.95. The number of ether oxygens (including phenoxy) is 1. The van der Waals surface area contributed by atoms with Crippen molar-refractivity contribution in [3.8, 4) is 5.75 Å². The average molecular weight is 328 g/mol. The molecule has 3 rings (SSSR count). The van der Waals surface area contributed by atoms with Crippen molar-refractivity contribution in [2.45, 2.75) is 25.4 Å². The van der Waals surface area contributed by atoms with E-state index in [-0.39, 0.29) is 23.5 Å². The van der Waals surface area contributed by atoms with Gasteiger partial charge in [-0.15, -0.1) is 0 Å². The van der Waals surface area contributed by atoms with Crippen molar-refractivity contribution in [3.63, 3.8) is 0 Å². The first-order valence-electron chi connectivity index (χ1n) is 8.10. The first-order valence-corrected chi connectivity index (χ1v) is 8.10. The Labute approximate surface area is 141 Å². The fourth-order valence-electron chi connectivity index (χ4n) is 3.10. The zero-order valence-corrected chi connectivity index (χ0v) is 13.7. The number of nitrogens with zero attached hydrogens (tertiary/aromatic N) is 1. The van der Waals surface area contributed by atoms with Gasteiger partial charge in [-0.3, -0.25) is 9.69 Å². The fourth-order valence-corrected chi connectivity index (χ4v) is 3.10. The molecule has 24 heavy (non-hydrogen) atoms. The zero-order chi connectivity index (χ0) is 16.9. The Morgan fingerprint density at radius 1 is 1.29 bits per heavy atom. The summed E-state index contributed by atoms with van der Waals surface area (Å²) in [5.41, 5.74) is 1.64. The van der Waals surface area contributed by atoms with Gasteiger partial charge in [-0.1, -0.05) is 24.3 Å². The van der Waals surface area contributed by atoms with E-state index in [4.69, 9.17) is 4.74 Å². The molecular formula is C19H21FN2O2. The van der Waals surface area contributed by atoms with Crippen molar-refractivity contribution in [2.24, 2.45) is 0 Å². The van der Waals surface area contributed by atoms with E-state index in [0.717, 1.165) is 30.6 Å². The van der Waals surface area contributed by atoms with Crippen molar-refractivity contribution >= 4 is 11.6 Å². The van der Waals surface area contributed by atoms with Crippen molar-refractivity contribution in [2.75, 3.05) is 19.0 Å². The first-order chi connectivity index (χ1) is 11.7. The van der Waals surface area contributed by atoms with Crippen molar-refractivity contribution in [1.82, 2.24) is 4.90 Å². The lowest BCUT2D eigenvalue weighted by Crippen LogP contribution is -2.39. The van der Waals surface area contributed by atoms with Gasteiger partial charge in [0.2, 0.25) is 5.91 Å². The van der Waals surface area contributed by atoms with Gasteiger partial charge in [0.1, 0.15) is 0 Å². The molecule has 0 aromatic heterocycles. The number of para-hydroxylation sites is 1. The van der Waals surface area contributed by atoms with Gasteiger partial charge in [0.25, 0.3) is 0 Å². The average Bonchev–Trinajstić information content (AvgIpc) is 3.04. The normalized spacial score (nSPS) is 17.7. The van der Waals surface area contributed by atoms with Crippen LogP contribution in [0.3, 0.4) is 0 Å². The molecule has 126 valence electrons. The summed E-state index contributed by atoms with van der Waals surface area (Å²) in [6.07, 6.45) is 1.78. The summed E-state index contributed by atoms with van der Waals surface area (Å²) in [7, 11) is 1.45. The van der Waals surface area contributed by atoms with E-state index in [2.05, 4.69) is 10.2 Å². The van der Waals surface area contributed by atoms with Crippen LogP contribution in [0.1, 0.15) is 18.4 Å². The van der Waals surface area contributed by atoms with Gasteiger partial charge in [0.05, 0.1) is 13.2 Å². The predicted molar refractivity (Wildman–Crippen MR) is 91.5 cm³/mol. The molecule has 1 unspecified atom stereocenters. The second-order valence-corrected chi connectivity index (χ2v) is 5.95. The fraction of sp³-hybridized carbons (Fsp3) is 0.316. The second kappa shape index (κ2) is 7.45. The molecule has 0 saturated carbocycles. The molecule has 2 aromatic carbocycles. The van der Waals surface area contributed by atoms with Crippen LogP contribution in [0.2, 0.25) is 0 Å². The Morgan fingerprint density at radius 2 is 2.08 bits per heavy atom. The molecule has 1 amide bonds. The van der Waals surface area contributed by atoms with Crippen LogP contribution in [0.15, 0.2) is 48.5 Å². The number of likely N-dealkylation sites (tertiary alicyclic amines) is 1. The van der Waals surface area contributed by atoms with Crippen LogP contribution in [0.4, 0.5) is 10.1 Å². The Morgan fingerprint density at radius 3 is 2.79 bits per heavy atom. The number of halogens is 1. The summed E-state index contributed by atoms with van der Waals surface area (Å²) in [4.78, 5) is 14.6. The summed E-state index contributed by atoms with van der Waals surface area (Å²) >= 11 is 0. The minimum Gasteiger partial charge on any atom is -0.494 e. The van der Waals surface area contributed by atoms with Crippen LogP contribution in [0.25, 0.3) is 0 Å². The maximum atomic E-state index is 13.8. The molecule has 1 atom stereocenters. The molecular weight excluding hydrogens is 307 g/mol. The Kier molecular flexibility index (Phi) is 5.11. The number of methoxy groups -OCH3 is 1. The molecule has 2 aromatic rings. The molecule has 1 N–H and O–H groups in total. The highest BCUT2D eigenvalue weighted by Crippen LogP contribution is 2.24. The first kappa shape index (κ1) is 16.5. The number of anilines is 1. The van der Waals surface area contributed by atoms with Crippen molar-refractivity contribution in [3.05, 3.63) is 59.9 Å². The van der Waals surface area contributed by atoms with E-state index in [1.165, 1.54) is 13.2 Å². The highest BCUT2D eigenvalue weighted by molar-refractivity contribution is 5.94. The third-order valence-electron chi connectivity index (χ3n) is 4.31. The predicted octanol–water partition coefficient (Wildman–Crippen LogP) is 3.44. The summed E-state index contributed by atoms with van der Waals surface area (Å²) in [6, 6.07) is 14.2. The minimum atomic E-state index is -0.375. The summed E-state index contributed by atoms with van der Waals surface area (Å²) in [6.45, 7) is 1.38. The molecule has 1 aliphatic heterocycles. The van der Waals surface area contributed by atoms with Crippen LogP contribution < -0.4 is 10.1 Å². The number of nitrogens with one attached hydrogen (secondary N) is 1. The lowest BCUT2D eigenvalue weighted by Gasteiger charge is -2.24. The van der Waals surface area contributed by atoms with Gasteiger partial charge in [-0.05, 0) is 49.2 Å². The molecule has 4 nitrogen and oxygen atoms in total. The molecule has 0 spiro atoms. The quantitative estimate of drug-likeness (QED) is 0.914. The molecule has 0 radical (unpaired) electrons. The SMILES string of the molecule is COc1ccc(CN2CCCC2C(=O)Nc2ccccc2)cc1F. The maximum absolute atomic E-state index is 13.8. The largest absolute Gasteiger partial charge is 0.494 e. The van der Waals surface area contributed by atoms with Crippen LogP contribution in [-0.2, 0) is 11.3 Å². The van der Waals surface area contributed by atoms with Crippen LogP contribution in [0.5, 0.6) is 5.75 Å². The van der Waals surface area contributed by atoms with E-state index in [9.17, 15) is 9.18 Å². The van der Waals surface area contributed by atoms with E-state index in [0.29, 0.717) is 6.54 Å². The molecule has 1 fully saturated rings. The minimum absolute atomic E-state index is 0.00677. The standard InChI is InChI=1S/C19H21FN2O2/c1-24-18-10-9-14(12-16(18)20)13-22-11-5-8-17(22)19(23)21-15-6-3-2-4-7-15/h2-4,6-7,9-10,12,17H,5,8,11,13H2,1H3,(H,21,23). The number of hydrogen-bond donors (Lipinski definition) is 1. The van der Waals surface area contributed by atoms with E-state index >= 15 is 0 Å². The lowest BCUT2D eigenvalue weighted by atomic mass is 10.1. The molecule has 0 aliphatic carbocycles. The van der Waals surface area contributed by atoms with Crippen LogP contribution in [0, 0.1) is 5.82 Å². The number of hydrogen-bond acceptors (Lipinski definition) is 3. The number of carbonyl (C=O) groups excluding carboxylic acids is 1. The van der Waals surface area contributed by atoms with Gasteiger partial charge in [0.15, 0.2) is 11.6 Å². The number of amides is 1. The molecule has 1 saturated heterocycles. The highest BCUT2D eigenvalue weighted by atomic mass is 19.1. The van der Waals surface area contributed by atoms with Gasteiger partial charge < -0.3 is 10.1 Å². The van der Waals surface area contributed by atoms with E-state index in [1.54, 1.807) is 6.07 Å². The lowest BCUT2D eigenvalue weighted by molar-refractivity contribution is -0.120. The van der Waals surface area contributed by atoms with Crippen molar-refractivity contribution < 1.29 is 13.9 Å². The molecule has 1 aliphatic rings. The van der Waals surface area contributed by atoms with E-state index in [1.807, 2.05) is 36.4 Å². The Balaban J connectivity index is 1.67. The third-order valence-corrected chi connectivity index (χ3v) is 4.31. The third kappa shape index (κ3) is 3.74. The smallest absolute Gasteiger partial charge is 0.241 e. The molecule has 1 heterocycles. The van der Waals surface area contributed by atoms with Gasteiger partial charge in [-0.25, -0.2) is 4.39 Å². The number of rotatable bonds is 5. The number of carbonyl (C=O) groups is 1. The maximum Gasteiger partial charge on any atom is 0.241 e. The zero-order valence-electron chi connectivity index (χ0n) is 13.7. The Bertz CT molecular complexity index is 706. The topological polar surface area (TPSA) is 41.6 Å². The van der Waals surface area contributed by atoms with Crippen LogP contribution in [-0.4, -0.2) is 30.5 Å². The molecule has 5 heteroatoms. The number of benzene rings is 2. The Hall–Kier alpha value is -2.40. The summed E-state index contributed by atoms with van der Waals surface area (Å²) < 4.78 is 18.8. The monoisotopic (exact) mass is 328 g/mol. The molecule has 0 bridgehead atoms. The van der Waals surface area contributed by atoms with Gasteiger partial charge >= 0.3 is 0 Å². The summed E-state index contributed by atoms with van der Waals surface area (Å²) in [5.74, 6) is -0.147. The van der Waals surface area contributed by atoms with Crippen LogP contribution >= 0.6 is 0 Å². The van der Waals surface area contributed by atoms with E-state index < -0.39 is 0 Å². The van der Waals surface area contributed by atoms with Crippen molar-refractivity contribution in [1.29, 1.82) is 0 Å². The van der Waals surface area contributed by atoms with Gasteiger partial charge in [0, 0.05) is 12.2 Å². The van der Waals surface area contributed by atoms with Gasteiger partial charge in [-0.2, -0.15) is 0 Å². The highest BCUT2D eigenvalue weighted by Gasteiger charge is 2.30. The second-order valence-electron chi connectivity index (χ2n) is 5.95.